The van der Waals surface area contributed by atoms with Crippen molar-refractivity contribution in [1.29, 1.82) is 0 Å². The van der Waals surface area contributed by atoms with Gasteiger partial charge in [-0.1, -0.05) is 19.8 Å². The first-order valence-corrected chi connectivity index (χ1v) is 4.83. The lowest BCUT2D eigenvalue weighted by atomic mass is 10.2. The van der Waals surface area contributed by atoms with Gasteiger partial charge in [-0.3, -0.25) is 0 Å². The van der Waals surface area contributed by atoms with Crippen molar-refractivity contribution in [2.24, 2.45) is 0 Å². The summed E-state index contributed by atoms with van der Waals surface area (Å²) in [4.78, 5) is 10.8. The second-order valence-corrected chi connectivity index (χ2v) is 2.89. The molecule has 0 aliphatic carbocycles. The van der Waals surface area contributed by atoms with Crippen LogP contribution in [0.3, 0.4) is 0 Å². The van der Waals surface area contributed by atoms with Gasteiger partial charge in [-0.05, 0) is 13.3 Å². The van der Waals surface area contributed by atoms with Crippen molar-refractivity contribution < 1.29 is 14.6 Å². The Morgan fingerprint density at radius 1 is 1.46 bits per heavy atom. The maximum absolute atomic E-state index is 10.8. The van der Waals surface area contributed by atoms with Crippen molar-refractivity contribution in [3.8, 4) is 0 Å². The minimum Gasteiger partial charge on any atom is -0.420 e. The maximum Gasteiger partial charge on any atom is 0.409 e. The van der Waals surface area contributed by atoms with Gasteiger partial charge in [-0.25, -0.2) is 4.79 Å². The number of alkyl carbamates (subject to hydrolysis) is 1. The van der Waals surface area contributed by atoms with E-state index in [1.807, 2.05) is 0 Å². The average Bonchev–Trinajstić information content (AvgIpc) is 2.05. The topological polar surface area (TPSA) is 58.6 Å². The number of carbonyl (C=O) groups is 1. The molecule has 0 heterocycles. The van der Waals surface area contributed by atoms with Gasteiger partial charge in [0, 0.05) is 13.0 Å². The zero-order valence-corrected chi connectivity index (χ0v) is 8.38. The molecule has 0 bridgehead atoms. The minimum absolute atomic E-state index is 0.514. The highest BCUT2D eigenvalue weighted by molar-refractivity contribution is 5.67. The third kappa shape index (κ3) is 7.59. The molecule has 0 radical (unpaired) electrons. The summed E-state index contributed by atoms with van der Waals surface area (Å²) in [7, 11) is 0. The summed E-state index contributed by atoms with van der Waals surface area (Å²) in [5.74, 6) is 0. The van der Waals surface area contributed by atoms with Crippen molar-refractivity contribution in [2.45, 2.75) is 45.8 Å². The number of carbonyl (C=O) groups excluding carboxylic acids is 1. The Morgan fingerprint density at radius 2 is 2.15 bits per heavy atom. The van der Waals surface area contributed by atoms with E-state index in [4.69, 9.17) is 0 Å². The monoisotopic (exact) mass is 189 g/mol. The lowest BCUT2D eigenvalue weighted by molar-refractivity contribution is -0.0574. The van der Waals surface area contributed by atoms with Gasteiger partial charge in [0.25, 0.3) is 0 Å². The largest absolute Gasteiger partial charge is 0.420 e. The van der Waals surface area contributed by atoms with E-state index in [1.165, 1.54) is 0 Å². The Hall–Kier alpha value is -0.770. The molecule has 1 unspecified atom stereocenters. The minimum atomic E-state index is -0.960. The normalized spacial score (nSPS) is 12.2. The van der Waals surface area contributed by atoms with E-state index in [-0.39, 0.29) is 0 Å². The summed E-state index contributed by atoms with van der Waals surface area (Å²) >= 11 is 0. The zero-order chi connectivity index (χ0) is 10.1. The lowest BCUT2D eigenvalue weighted by Gasteiger charge is -2.11. The number of nitrogens with one attached hydrogen (secondary N) is 1. The van der Waals surface area contributed by atoms with Gasteiger partial charge in [-0.15, -0.1) is 0 Å². The molecule has 4 nitrogen and oxygen atoms in total. The quantitative estimate of drug-likeness (QED) is 0.493. The number of unbranched alkanes of at least 4 members (excludes halogenated alkanes) is 2. The molecule has 0 rings (SSSR count). The molecule has 0 aromatic heterocycles. The average molecular weight is 189 g/mol. The molecule has 0 aromatic carbocycles. The van der Waals surface area contributed by atoms with Crippen LogP contribution in [-0.2, 0) is 4.74 Å². The number of hydrogen-bond donors (Lipinski definition) is 2. The summed E-state index contributed by atoms with van der Waals surface area (Å²) in [6.07, 6.45) is 2.04. The number of ether oxygens (including phenoxy) is 1. The molecule has 0 aromatic rings. The van der Waals surface area contributed by atoms with Crippen LogP contribution in [-0.4, -0.2) is 24.0 Å². The van der Waals surface area contributed by atoms with Gasteiger partial charge in [0.2, 0.25) is 6.29 Å². The predicted octanol–water partition coefficient (Wildman–Crippen LogP) is 1.63. The first-order valence-electron chi connectivity index (χ1n) is 4.83. The van der Waals surface area contributed by atoms with Gasteiger partial charge in [0.15, 0.2) is 0 Å². The predicted molar refractivity (Wildman–Crippen MR) is 50.3 cm³/mol. The van der Waals surface area contributed by atoms with Crippen molar-refractivity contribution >= 4 is 6.09 Å². The van der Waals surface area contributed by atoms with Crippen LogP contribution in [0.1, 0.15) is 39.5 Å². The maximum atomic E-state index is 10.8. The fourth-order valence-corrected chi connectivity index (χ4v) is 0.937. The second kappa shape index (κ2) is 7.86. The first kappa shape index (κ1) is 12.2. The molecule has 0 saturated carbocycles. The van der Waals surface area contributed by atoms with Crippen molar-refractivity contribution in [1.82, 2.24) is 5.32 Å². The van der Waals surface area contributed by atoms with Crippen LogP contribution < -0.4 is 5.32 Å². The summed E-state index contributed by atoms with van der Waals surface area (Å²) in [6, 6.07) is 0. The van der Waals surface area contributed by atoms with Gasteiger partial charge < -0.3 is 15.2 Å². The molecule has 1 amide bonds. The van der Waals surface area contributed by atoms with Crippen LogP contribution in [0.25, 0.3) is 0 Å². The van der Waals surface area contributed by atoms with Crippen LogP contribution in [0.5, 0.6) is 0 Å². The fourth-order valence-electron chi connectivity index (χ4n) is 0.937. The Balaban J connectivity index is 3.38. The van der Waals surface area contributed by atoms with Gasteiger partial charge >= 0.3 is 6.09 Å². The molecule has 0 saturated heterocycles. The molecule has 0 aliphatic rings. The molecule has 0 fully saturated rings. The van der Waals surface area contributed by atoms with Crippen LogP contribution >= 0.6 is 0 Å². The van der Waals surface area contributed by atoms with E-state index in [0.717, 1.165) is 19.3 Å². The summed E-state index contributed by atoms with van der Waals surface area (Å²) in [5.41, 5.74) is 0. The van der Waals surface area contributed by atoms with E-state index in [2.05, 4.69) is 17.0 Å². The Morgan fingerprint density at radius 3 is 2.69 bits per heavy atom. The molecule has 0 spiro atoms. The number of hydrogen-bond acceptors (Lipinski definition) is 3. The van der Waals surface area contributed by atoms with Crippen LogP contribution in [0, 0.1) is 0 Å². The van der Waals surface area contributed by atoms with E-state index in [0.29, 0.717) is 13.0 Å². The van der Waals surface area contributed by atoms with Crippen molar-refractivity contribution in [3.05, 3.63) is 0 Å². The SMILES string of the molecule is CCCCCC(O)OC(=O)NCC. The van der Waals surface area contributed by atoms with E-state index in [1.54, 1.807) is 6.92 Å². The molecular weight excluding hydrogens is 170 g/mol. The van der Waals surface area contributed by atoms with E-state index >= 15 is 0 Å². The standard InChI is InChI=1S/C9H19NO3/c1-3-5-6-7-8(11)13-9(12)10-4-2/h8,11H,3-7H2,1-2H3,(H,10,12). The smallest absolute Gasteiger partial charge is 0.409 e. The molecule has 4 heteroatoms. The Kier molecular flexibility index (Phi) is 7.39. The van der Waals surface area contributed by atoms with E-state index in [9.17, 15) is 9.90 Å². The number of aliphatic hydroxyl groups is 1. The highest BCUT2D eigenvalue weighted by atomic mass is 16.6. The molecule has 78 valence electrons. The molecule has 1 atom stereocenters. The van der Waals surface area contributed by atoms with Gasteiger partial charge in [0.1, 0.15) is 0 Å². The third-order valence-electron chi connectivity index (χ3n) is 1.62. The number of amides is 1. The summed E-state index contributed by atoms with van der Waals surface area (Å²) in [6.45, 7) is 4.39. The van der Waals surface area contributed by atoms with Gasteiger partial charge in [0.05, 0.1) is 0 Å². The molecule has 2 N–H and O–H groups in total. The molecule has 0 aliphatic heterocycles. The first-order chi connectivity index (χ1) is 6.20. The van der Waals surface area contributed by atoms with Crippen molar-refractivity contribution in [3.63, 3.8) is 0 Å². The highest BCUT2D eigenvalue weighted by Gasteiger charge is 2.08. The Bertz CT molecular complexity index is 139. The van der Waals surface area contributed by atoms with Crippen LogP contribution in [0.15, 0.2) is 0 Å². The summed E-state index contributed by atoms with van der Waals surface area (Å²) < 4.78 is 4.64. The van der Waals surface area contributed by atoms with Crippen molar-refractivity contribution in [2.75, 3.05) is 6.54 Å². The Labute approximate surface area is 79.3 Å². The van der Waals surface area contributed by atoms with Crippen LogP contribution in [0.2, 0.25) is 0 Å². The molecule has 13 heavy (non-hydrogen) atoms. The summed E-state index contributed by atoms with van der Waals surface area (Å²) in [5, 5.41) is 11.6. The number of rotatable bonds is 6. The third-order valence-corrected chi connectivity index (χ3v) is 1.62. The van der Waals surface area contributed by atoms with E-state index < -0.39 is 12.4 Å². The highest BCUT2D eigenvalue weighted by Crippen LogP contribution is 2.04. The zero-order valence-electron chi connectivity index (χ0n) is 8.38. The number of aliphatic hydroxyl groups excluding tert-OH is 1. The lowest BCUT2D eigenvalue weighted by Crippen LogP contribution is -2.28. The molecular formula is C9H19NO3. The fraction of sp³-hybridized carbons (Fsp3) is 0.889. The van der Waals surface area contributed by atoms with Gasteiger partial charge in [-0.2, -0.15) is 0 Å². The second-order valence-electron chi connectivity index (χ2n) is 2.89. The van der Waals surface area contributed by atoms with Crippen LogP contribution in [0.4, 0.5) is 4.79 Å².